The maximum absolute atomic E-state index is 11.5. The molecular formula is C16H15BrN4O3S. The molecule has 0 fully saturated rings. The Morgan fingerprint density at radius 3 is 2.56 bits per heavy atom. The number of halogens is 1. The number of H-pyrrole nitrogens is 1. The van der Waals surface area contributed by atoms with E-state index in [-0.39, 0.29) is 11.6 Å². The molecule has 0 spiro atoms. The van der Waals surface area contributed by atoms with Crippen LogP contribution in [0.1, 0.15) is 5.56 Å². The fraction of sp³-hybridized carbons (Fsp3) is 0.125. The molecule has 0 amide bonds. The molecule has 7 nitrogen and oxygen atoms in total. The molecule has 1 heterocycles. The van der Waals surface area contributed by atoms with Crippen LogP contribution in [0.25, 0.3) is 10.9 Å². The van der Waals surface area contributed by atoms with Crippen molar-refractivity contribution >= 4 is 48.2 Å². The zero-order valence-corrected chi connectivity index (χ0v) is 15.6. The molecule has 0 unspecified atom stereocenters. The van der Waals surface area contributed by atoms with Gasteiger partial charge >= 0.3 is 0 Å². The van der Waals surface area contributed by atoms with Gasteiger partial charge in [0.15, 0.2) is 5.69 Å². The average Bonchev–Trinajstić information content (AvgIpc) is 2.89. The van der Waals surface area contributed by atoms with Crippen LogP contribution in [0.3, 0.4) is 0 Å². The Bertz CT molecular complexity index is 1040. The number of nitrogens with one attached hydrogen (secondary N) is 2. The molecule has 0 saturated heterocycles. The van der Waals surface area contributed by atoms with Gasteiger partial charge in [-0.25, -0.2) is 13.1 Å². The Labute approximate surface area is 153 Å². The monoisotopic (exact) mass is 422 g/mol. The number of hydrogen-bond acceptors (Lipinski definition) is 5. The first kappa shape index (κ1) is 17.6. The number of sulfonamides is 1. The Hall–Kier alpha value is -2.23. The van der Waals surface area contributed by atoms with Crippen molar-refractivity contribution in [3.8, 4) is 5.88 Å². The van der Waals surface area contributed by atoms with Crippen LogP contribution < -0.4 is 4.72 Å². The van der Waals surface area contributed by atoms with Crippen LogP contribution in [0.15, 0.2) is 57.2 Å². The third kappa shape index (κ3) is 4.06. The van der Waals surface area contributed by atoms with E-state index >= 15 is 0 Å². The maximum atomic E-state index is 11.5. The van der Waals surface area contributed by atoms with Gasteiger partial charge in [-0.15, -0.1) is 5.11 Å². The van der Waals surface area contributed by atoms with Crippen molar-refractivity contribution in [2.45, 2.75) is 5.75 Å². The maximum Gasteiger partial charge on any atom is 0.218 e. The number of aromatic amines is 1. The van der Waals surface area contributed by atoms with Crippen molar-refractivity contribution in [2.75, 3.05) is 7.05 Å². The molecule has 0 atom stereocenters. The molecule has 0 aliphatic heterocycles. The lowest BCUT2D eigenvalue weighted by Gasteiger charge is -2.02. The summed E-state index contributed by atoms with van der Waals surface area (Å²) >= 11 is 3.39. The first-order chi connectivity index (χ1) is 11.9. The molecule has 25 heavy (non-hydrogen) atoms. The van der Waals surface area contributed by atoms with E-state index in [9.17, 15) is 13.5 Å². The minimum atomic E-state index is -3.31. The van der Waals surface area contributed by atoms with Gasteiger partial charge in [-0.2, -0.15) is 5.11 Å². The molecule has 0 radical (unpaired) electrons. The largest absolute Gasteiger partial charge is 0.493 e. The molecule has 3 aromatic rings. The number of aromatic hydroxyl groups is 1. The first-order valence-electron chi connectivity index (χ1n) is 7.30. The van der Waals surface area contributed by atoms with Crippen LogP contribution in [-0.4, -0.2) is 25.6 Å². The summed E-state index contributed by atoms with van der Waals surface area (Å²) in [7, 11) is -1.93. The number of benzene rings is 2. The number of aromatic nitrogens is 1. The molecule has 9 heteroatoms. The van der Waals surface area contributed by atoms with Crippen molar-refractivity contribution in [1.82, 2.24) is 9.71 Å². The standard InChI is InChI=1S/C16H15BrN4O3S/c1-18-25(23,24)9-10-2-5-12(6-3-10)20-21-15-13-8-11(17)4-7-14(13)19-16(15)22/h2-8,18-19,22H,9H2,1H3. The zero-order chi connectivity index (χ0) is 18.0. The highest BCUT2D eigenvalue weighted by atomic mass is 79.9. The lowest BCUT2D eigenvalue weighted by Crippen LogP contribution is -2.20. The van der Waals surface area contributed by atoms with Gasteiger partial charge < -0.3 is 10.1 Å². The van der Waals surface area contributed by atoms with Crippen LogP contribution in [0, 0.1) is 0 Å². The second-order valence-corrected chi connectivity index (χ2v) is 8.18. The minimum absolute atomic E-state index is 0.0615. The van der Waals surface area contributed by atoms with E-state index in [1.807, 2.05) is 18.2 Å². The summed E-state index contributed by atoms with van der Waals surface area (Å²) in [4.78, 5) is 2.84. The number of hydrogen-bond donors (Lipinski definition) is 3. The Balaban J connectivity index is 1.85. The number of nitrogens with zero attached hydrogens (tertiary/aromatic N) is 2. The van der Waals surface area contributed by atoms with Gasteiger partial charge in [0.05, 0.1) is 17.0 Å². The van der Waals surface area contributed by atoms with Gasteiger partial charge in [-0.1, -0.05) is 28.1 Å². The summed E-state index contributed by atoms with van der Waals surface area (Å²) in [6.45, 7) is 0. The third-order valence-electron chi connectivity index (χ3n) is 3.58. The summed E-state index contributed by atoms with van der Waals surface area (Å²) in [5.74, 6) is -0.161. The van der Waals surface area contributed by atoms with E-state index in [0.29, 0.717) is 16.9 Å². The van der Waals surface area contributed by atoms with Crippen molar-refractivity contribution < 1.29 is 13.5 Å². The summed E-state index contributed by atoms with van der Waals surface area (Å²) in [6.07, 6.45) is 0. The summed E-state index contributed by atoms with van der Waals surface area (Å²) in [5, 5.41) is 19.0. The van der Waals surface area contributed by atoms with Gasteiger partial charge in [-0.3, -0.25) is 0 Å². The first-order valence-corrected chi connectivity index (χ1v) is 9.74. The van der Waals surface area contributed by atoms with Gasteiger partial charge in [-0.05, 0) is 42.9 Å². The van der Waals surface area contributed by atoms with Crippen LogP contribution in [0.2, 0.25) is 0 Å². The number of azo groups is 1. The van der Waals surface area contributed by atoms with Crippen molar-refractivity contribution in [1.29, 1.82) is 0 Å². The molecule has 0 saturated carbocycles. The number of fused-ring (bicyclic) bond motifs is 1. The third-order valence-corrected chi connectivity index (χ3v) is 5.41. The Kier molecular flexibility index (Phi) is 4.89. The molecule has 0 bridgehead atoms. The summed E-state index contributed by atoms with van der Waals surface area (Å²) < 4.78 is 26.2. The molecule has 3 rings (SSSR count). The van der Waals surface area contributed by atoms with Crippen molar-refractivity contribution in [3.63, 3.8) is 0 Å². The van der Waals surface area contributed by atoms with E-state index in [1.54, 1.807) is 24.3 Å². The summed E-state index contributed by atoms with van der Waals surface area (Å²) in [5.41, 5.74) is 2.29. The SMILES string of the molecule is CNS(=O)(=O)Cc1ccc(N=Nc2c(O)[nH]c3ccc(Br)cc23)cc1. The molecule has 3 N–H and O–H groups in total. The van der Waals surface area contributed by atoms with E-state index in [4.69, 9.17) is 0 Å². The van der Waals surface area contributed by atoms with Gasteiger partial charge in [0.2, 0.25) is 15.9 Å². The predicted octanol–water partition coefficient (Wildman–Crippen LogP) is 4.10. The van der Waals surface area contributed by atoms with Crippen molar-refractivity contribution in [2.24, 2.45) is 10.2 Å². The lowest BCUT2D eigenvalue weighted by molar-refractivity contribution is 0.459. The van der Waals surface area contributed by atoms with E-state index in [2.05, 4.69) is 35.9 Å². The van der Waals surface area contributed by atoms with E-state index in [1.165, 1.54) is 7.05 Å². The molecular weight excluding hydrogens is 408 g/mol. The lowest BCUT2D eigenvalue weighted by atomic mass is 10.2. The molecule has 1 aromatic heterocycles. The van der Waals surface area contributed by atoms with Gasteiger partial charge in [0, 0.05) is 9.86 Å². The average molecular weight is 423 g/mol. The second kappa shape index (κ2) is 6.95. The minimum Gasteiger partial charge on any atom is -0.493 e. The normalized spacial score (nSPS) is 12.2. The fourth-order valence-corrected chi connectivity index (χ4v) is 3.43. The smallest absolute Gasteiger partial charge is 0.218 e. The number of rotatable bonds is 5. The highest BCUT2D eigenvalue weighted by molar-refractivity contribution is 9.10. The topological polar surface area (TPSA) is 107 Å². The second-order valence-electron chi connectivity index (χ2n) is 5.34. The molecule has 0 aliphatic carbocycles. The highest BCUT2D eigenvalue weighted by Gasteiger charge is 2.11. The van der Waals surface area contributed by atoms with Gasteiger partial charge in [0.25, 0.3) is 0 Å². The zero-order valence-electron chi connectivity index (χ0n) is 13.2. The molecule has 0 aliphatic rings. The van der Waals surface area contributed by atoms with E-state index in [0.717, 1.165) is 15.4 Å². The van der Waals surface area contributed by atoms with Crippen LogP contribution in [0.5, 0.6) is 5.88 Å². The van der Waals surface area contributed by atoms with Crippen LogP contribution >= 0.6 is 15.9 Å². The van der Waals surface area contributed by atoms with Gasteiger partial charge in [0.1, 0.15) is 0 Å². The van der Waals surface area contributed by atoms with Crippen molar-refractivity contribution in [3.05, 3.63) is 52.5 Å². The quantitative estimate of drug-likeness (QED) is 0.538. The Morgan fingerprint density at radius 1 is 1.16 bits per heavy atom. The molecule has 130 valence electrons. The van der Waals surface area contributed by atoms with Crippen LogP contribution in [-0.2, 0) is 15.8 Å². The Morgan fingerprint density at radius 2 is 1.88 bits per heavy atom. The highest BCUT2D eigenvalue weighted by Crippen LogP contribution is 2.37. The van der Waals surface area contributed by atoms with E-state index < -0.39 is 10.0 Å². The molecule has 2 aromatic carbocycles. The van der Waals surface area contributed by atoms with Crippen LogP contribution in [0.4, 0.5) is 11.4 Å². The summed E-state index contributed by atoms with van der Waals surface area (Å²) in [6, 6.07) is 12.2. The predicted molar refractivity (Wildman–Crippen MR) is 100.0 cm³/mol. The fourth-order valence-electron chi connectivity index (χ4n) is 2.30.